The van der Waals surface area contributed by atoms with Crippen LogP contribution in [0.5, 0.6) is 0 Å². The number of rotatable bonds is 3. The summed E-state index contributed by atoms with van der Waals surface area (Å²) in [4.78, 5) is 14.9. The van der Waals surface area contributed by atoms with Gasteiger partial charge in [0, 0.05) is 18.1 Å². The Labute approximate surface area is 104 Å². The Kier molecular flexibility index (Phi) is 2.40. The number of nitrogens with two attached hydrogens (primary N) is 1. The molecule has 1 unspecified atom stereocenters. The van der Waals surface area contributed by atoms with Gasteiger partial charge >= 0.3 is 0 Å². The molecule has 6 heteroatoms. The van der Waals surface area contributed by atoms with E-state index in [1.807, 2.05) is 25.1 Å². The Balaban J connectivity index is 1.86. The molecular formula is C12H14N6. The van der Waals surface area contributed by atoms with Crippen molar-refractivity contribution in [3.63, 3.8) is 0 Å². The molecule has 0 saturated carbocycles. The Hall–Kier alpha value is -2.50. The minimum Gasteiger partial charge on any atom is -0.399 e. The SMILES string of the molecule is CC(Nc1nc2ccc(N)cc2[nH]1)c1ncc[nH]1. The van der Waals surface area contributed by atoms with Gasteiger partial charge in [-0.3, -0.25) is 0 Å². The number of benzene rings is 1. The van der Waals surface area contributed by atoms with Crippen molar-refractivity contribution >= 4 is 22.7 Å². The predicted molar refractivity (Wildman–Crippen MR) is 71.1 cm³/mol. The van der Waals surface area contributed by atoms with Crippen LogP contribution in [0.15, 0.2) is 30.6 Å². The number of imidazole rings is 2. The number of nitrogens with zero attached hydrogens (tertiary/aromatic N) is 2. The Morgan fingerprint density at radius 2 is 2.28 bits per heavy atom. The number of nitrogen functional groups attached to an aromatic ring is 1. The smallest absolute Gasteiger partial charge is 0.201 e. The zero-order valence-corrected chi connectivity index (χ0v) is 9.94. The zero-order valence-electron chi connectivity index (χ0n) is 9.94. The third kappa shape index (κ3) is 1.88. The number of hydrogen-bond acceptors (Lipinski definition) is 4. The molecule has 0 fully saturated rings. The molecule has 0 saturated heterocycles. The Morgan fingerprint density at radius 1 is 1.39 bits per heavy atom. The molecule has 6 nitrogen and oxygen atoms in total. The number of anilines is 2. The molecule has 2 aromatic heterocycles. The van der Waals surface area contributed by atoms with Crippen LogP contribution in [-0.4, -0.2) is 19.9 Å². The summed E-state index contributed by atoms with van der Waals surface area (Å²) in [6.45, 7) is 2.01. The summed E-state index contributed by atoms with van der Waals surface area (Å²) in [6, 6.07) is 5.65. The van der Waals surface area contributed by atoms with E-state index in [1.165, 1.54) is 0 Å². The second kappa shape index (κ2) is 4.06. The van der Waals surface area contributed by atoms with Gasteiger partial charge in [0.15, 0.2) is 0 Å². The molecule has 0 aliphatic rings. The lowest BCUT2D eigenvalue weighted by Crippen LogP contribution is -2.09. The fraction of sp³-hybridized carbons (Fsp3) is 0.167. The van der Waals surface area contributed by atoms with Crippen LogP contribution in [0.2, 0.25) is 0 Å². The topological polar surface area (TPSA) is 95.4 Å². The highest BCUT2D eigenvalue weighted by molar-refractivity contribution is 5.80. The minimum absolute atomic E-state index is 0.0536. The lowest BCUT2D eigenvalue weighted by atomic mass is 10.3. The van der Waals surface area contributed by atoms with Crippen molar-refractivity contribution in [2.75, 3.05) is 11.1 Å². The van der Waals surface area contributed by atoms with Crippen LogP contribution in [0.3, 0.4) is 0 Å². The molecule has 1 aromatic carbocycles. The van der Waals surface area contributed by atoms with Gasteiger partial charge in [-0.15, -0.1) is 0 Å². The number of H-pyrrole nitrogens is 2. The largest absolute Gasteiger partial charge is 0.399 e. The zero-order chi connectivity index (χ0) is 12.5. The first kappa shape index (κ1) is 10.6. The molecule has 2 heterocycles. The molecule has 1 atom stereocenters. The monoisotopic (exact) mass is 242 g/mol. The molecule has 5 N–H and O–H groups in total. The number of aromatic amines is 2. The molecule has 0 bridgehead atoms. The fourth-order valence-corrected chi connectivity index (χ4v) is 1.88. The first-order valence-corrected chi connectivity index (χ1v) is 5.73. The van der Waals surface area contributed by atoms with E-state index in [1.54, 1.807) is 12.4 Å². The third-order valence-corrected chi connectivity index (χ3v) is 2.79. The van der Waals surface area contributed by atoms with E-state index in [4.69, 9.17) is 5.73 Å². The van der Waals surface area contributed by atoms with E-state index in [0.717, 1.165) is 22.5 Å². The second-order valence-corrected chi connectivity index (χ2v) is 4.20. The van der Waals surface area contributed by atoms with Crippen molar-refractivity contribution in [1.29, 1.82) is 0 Å². The lowest BCUT2D eigenvalue weighted by molar-refractivity contribution is 0.800. The molecule has 0 amide bonds. The number of fused-ring (bicyclic) bond motifs is 1. The molecule has 0 radical (unpaired) electrons. The van der Waals surface area contributed by atoms with E-state index in [0.29, 0.717) is 5.95 Å². The van der Waals surface area contributed by atoms with Crippen molar-refractivity contribution in [2.45, 2.75) is 13.0 Å². The molecule has 0 aliphatic carbocycles. The van der Waals surface area contributed by atoms with Gasteiger partial charge < -0.3 is 21.0 Å². The first-order valence-electron chi connectivity index (χ1n) is 5.73. The summed E-state index contributed by atoms with van der Waals surface area (Å²) >= 11 is 0. The van der Waals surface area contributed by atoms with E-state index in [2.05, 4.69) is 25.3 Å². The van der Waals surface area contributed by atoms with Crippen molar-refractivity contribution in [1.82, 2.24) is 19.9 Å². The van der Waals surface area contributed by atoms with Gasteiger partial charge in [-0.1, -0.05) is 0 Å². The number of nitrogens with one attached hydrogen (secondary N) is 3. The predicted octanol–water partition coefficient (Wildman–Crippen LogP) is 2.04. The minimum atomic E-state index is 0.0536. The first-order chi connectivity index (χ1) is 8.72. The van der Waals surface area contributed by atoms with Crippen molar-refractivity contribution < 1.29 is 0 Å². The van der Waals surface area contributed by atoms with Gasteiger partial charge in [-0.25, -0.2) is 9.97 Å². The summed E-state index contributed by atoms with van der Waals surface area (Å²) in [7, 11) is 0. The highest BCUT2D eigenvalue weighted by Crippen LogP contribution is 2.19. The lowest BCUT2D eigenvalue weighted by Gasteiger charge is -2.09. The summed E-state index contributed by atoms with van der Waals surface area (Å²) in [5.74, 6) is 1.58. The summed E-state index contributed by atoms with van der Waals surface area (Å²) in [5, 5.41) is 3.25. The van der Waals surface area contributed by atoms with Crippen LogP contribution in [0.25, 0.3) is 11.0 Å². The van der Waals surface area contributed by atoms with Crippen LogP contribution in [0, 0.1) is 0 Å². The summed E-state index contributed by atoms with van der Waals surface area (Å²) < 4.78 is 0. The summed E-state index contributed by atoms with van der Waals surface area (Å²) in [6.07, 6.45) is 3.53. The van der Waals surface area contributed by atoms with Crippen molar-refractivity contribution in [3.8, 4) is 0 Å². The van der Waals surface area contributed by atoms with E-state index in [9.17, 15) is 0 Å². The maximum absolute atomic E-state index is 5.73. The van der Waals surface area contributed by atoms with E-state index < -0.39 is 0 Å². The van der Waals surface area contributed by atoms with Crippen LogP contribution in [-0.2, 0) is 0 Å². The highest BCUT2D eigenvalue weighted by Gasteiger charge is 2.10. The quantitative estimate of drug-likeness (QED) is 0.528. The molecule has 0 spiro atoms. The van der Waals surface area contributed by atoms with E-state index in [-0.39, 0.29) is 6.04 Å². The molecule has 3 aromatic rings. The van der Waals surface area contributed by atoms with Gasteiger partial charge in [0.25, 0.3) is 0 Å². The fourth-order valence-electron chi connectivity index (χ4n) is 1.88. The molecule has 92 valence electrons. The summed E-state index contributed by atoms with van der Waals surface area (Å²) in [5.41, 5.74) is 8.26. The van der Waals surface area contributed by atoms with E-state index >= 15 is 0 Å². The average Bonchev–Trinajstić information content (AvgIpc) is 2.95. The van der Waals surface area contributed by atoms with Crippen molar-refractivity contribution in [2.24, 2.45) is 0 Å². The number of hydrogen-bond donors (Lipinski definition) is 4. The maximum Gasteiger partial charge on any atom is 0.201 e. The second-order valence-electron chi connectivity index (χ2n) is 4.20. The van der Waals surface area contributed by atoms with Gasteiger partial charge in [-0.2, -0.15) is 0 Å². The molecule has 3 rings (SSSR count). The third-order valence-electron chi connectivity index (χ3n) is 2.79. The van der Waals surface area contributed by atoms with Crippen molar-refractivity contribution in [3.05, 3.63) is 36.4 Å². The van der Waals surface area contributed by atoms with Gasteiger partial charge in [0.1, 0.15) is 5.82 Å². The maximum atomic E-state index is 5.73. The Bertz CT molecular complexity index is 654. The van der Waals surface area contributed by atoms with Crippen LogP contribution in [0.4, 0.5) is 11.6 Å². The number of aromatic nitrogens is 4. The molecule has 0 aliphatic heterocycles. The van der Waals surface area contributed by atoms with Gasteiger partial charge in [-0.05, 0) is 25.1 Å². The molecule has 18 heavy (non-hydrogen) atoms. The normalized spacial score (nSPS) is 12.7. The van der Waals surface area contributed by atoms with Gasteiger partial charge in [0.2, 0.25) is 5.95 Å². The van der Waals surface area contributed by atoms with Gasteiger partial charge in [0.05, 0.1) is 17.1 Å². The molecular weight excluding hydrogens is 228 g/mol. The highest BCUT2D eigenvalue weighted by atomic mass is 15.1. The van der Waals surface area contributed by atoms with Crippen LogP contribution in [0.1, 0.15) is 18.8 Å². The average molecular weight is 242 g/mol. The van der Waals surface area contributed by atoms with Crippen LogP contribution < -0.4 is 11.1 Å². The standard InChI is InChI=1S/C12H14N6/c1-7(11-14-4-5-15-11)16-12-17-9-3-2-8(13)6-10(9)18-12/h2-7H,13H2,1H3,(H,14,15)(H2,16,17,18). The Morgan fingerprint density at radius 3 is 3.06 bits per heavy atom. The van der Waals surface area contributed by atoms with Crippen LogP contribution >= 0.6 is 0 Å².